The molecule has 0 unspecified atom stereocenters. The number of benzene rings is 1. The third-order valence-electron chi connectivity index (χ3n) is 3.56. The highest BCUT2D eigenvalue weighted by molar-refractivity contribution is 7.89. The predicted molar refractivity (Wildman–Crippen MR) is 76.7 cm³/mol. The first-order valence-corrected chi connectivity index (χ1v) is 8.33. The fourth-order valence-corrected chi connectivity index (χ4v) is 4.00. The van der Waals surface area contributed by atoms with Gasteiger partial charge in [0.15, 0.2) is 0 Å². The number of hydrogen-bond donors (Lipinski definition) is 2. The Morgan fingerprint density at radius 2 is 2.05 bits per heavy atom. The highest BCUT2D eigenvalue weighted by atomic mass is 32.2. The molecule has 0 saturated carbocycles. The van der Waals surface area contributed by atoms with E-state index in [2.05, 4.69) is 10.6 Å². The van der Waals surface area contributed by atoms with Gasteiger partial charge in [0.05, 0.1) is 10.6 Å². The number of ether oxygens (including phenoxy) is 1. The highest BCUT2D eigenvalue weighted by Crippen LogP contribution is 2.30. The first kappa shape index (κ1) is 13.7. The van der Waals surface area contributed by atoms with E-state index in [-0.39, 0.29) is 0 Å². The molecule has 7 heteroatoms. The number of fused-ring (bicyclic) bond motifs is 1. The summed E-state index contributed by atoms with van der Waals surface area (Å²) in [5, 5.41) is 6.38. The third kappa shape index (κ3) is 2.61. The van der Waals surface area contributed by atoms with E-state index in [4.69, 9.17) is 4.74 Å². The van der Waals surface area contributed by atoms with Crippen molar-refractivity contribution in [2.24, 2.45) is 0 Å². The SMILES string of the molecule is O=S(=O)(c1ccc2c(c1)NCCO2)N1CCCNCC1. The van der Waals surface area contributed by atoms with Gasteiger partial charge in [-0.05, 0) is 31.2 Å². The van der Waals surface area contributed by atoms with Crippen molar-refractivity contribution in [3.05, 3.63) is 18.2 Å². The zero-order chi connectivity index (χ0) is 14.0. The van der Waals surface area contributed by atoms with Gasteiger partial charge in [-0.25, -0.2) is 8.42 Å². The summed E-state index contributed by atoms with van der Waals surface area (Å²) >= 11 is 0. The van der Waals surface area contributed by atoms with Crippen molar-refractivity contribution in [1.82, 2.24) is 9.62 Å². The number of hydrogen-bond acceptors (Lipinski definition) is 5. The summed E-state index contributed by atoms with van der Waals surface area (Å²) in [6.45, 7) is 3.96. The summed E-state index contributed by atoms with van der Waals surface area (Å²) in [5.41, 5.74) is 0.755. The van der Waals surface area contributed by atoms with Gasteiger partial charge >= 0.3 is 0 Å². The molecule has 3 rings (SSSR count). The van der Waals surface area contributed by atoms with Gasteiger partial charge in [-0.1, -0.05) is 0 Å². The van der Waals surface area contributed by atoms with Crippen LogP contribution < -0.4 is 15.4 Å². The molecule has 1 aromatic carbocycles. The number of nitrogens with zero attached hydrogens (tertiary/aromatic N) is 1. The first-order chi connectivity index (χ1) is 9.68. The van der Waals surface area contributed by atoms with Gasteiger partial charge in [-0.2, -0.15) is 4.31 Å². The van der Waals surface area contributed by atoms with Crippen LogP contribution in [0.5, 0.6) is 5.75 Å². The Labute approximate surface area is 119 Å². The molecule has 110 valence electrons. The molecule has 0 aliphatic carbocycles. The van der Waals surface area contributed by atoms with Crippen LogP contribution in [0.2, 0.25) is 0 Å². The molecular formula is C13H19N3O3S. The Hall–Kier alpha value is -1.31. The quantitative estimate of drug-likeness (QED) is 0.830. The molecule has 0 radical (unpaired) electrons. The van der Waals surface area contributed by atoms with Crippen LogP contribution in [0.15, 0.2) is 23.1 Å². The largest absolute Gasteiger partial charge is 0.490 e. The lowest BCUT2D eigenvalue weighted by atomic mass is 10.2. The lowest BCUT2D eigenvalue weighted by Gasteiger charge is -2.22. The lowest BCUT2D eigenvalue weighted by Crippen LogP contribution is -2.34. The molecular weight excluding hydrogens is 278 g/mol. The van der Waals surface area contributed by atoms with Gasteiger partial charge in [0, 0.05) is 26.2 Å². The van der Waals surface area contributed by atoms with E-state index in [1.165, 1.54) is 0 Å². The van der Waals surface area contributed by atoms with Crippen LogP contribution in [0.1, 0.15) is 6.42 Å². The lowest BCUT2D eigenvalue weighted by molar-refractivity contribution is 0.323. The molecule has 6 nitrogen and oxygen atoms in total. The smallest absolute Gasteiger partial charge is 0.243 e. The maximum atomic E-state index is 12.7. The van der Waals surface area contributed by atoms with Crippen LogP contribution in [-0.2, 0) is 10.0 Å². The molecule has 2 aliphatic rings. The summed E-state index contributed by atoms with van der Waals surface area (Å²) in [5.74, 6) is 0.715. The predicted octanol–water partition coefficient (Wildman–Crippen LogP) is 0.475. The molecule has 2 aliphatic heterocycles. The van der Waals surface area contributed by atoms with Crippen molar-refractivity contribution in [1.29, 1.82) is 0 Å². The summed E-state index contributed by atoms with van der Waals surface area (Å²) in [6.07, 6.45) is 0.839. The topological polar surface area (TPSA) is 70.7 Å². The number of nitrogens with one attached hydrogen (secondary N) is 2. The van der Waals surface area contributed by atoms with Crippen LogP contribution in [0.3, 0.4) is 0 Å². The standard InChI is InChI=1S/C13H19N3O3S/c17-20(18,16-7-1-4-14-5-8-16)11-2-3-13-12(10-11)15-6-9-19-13/h2-3,10,14-15H,1,4-9H2. The zero-order valence-electron chi connectivity index (χ0n) is 11.3. The van der Waals surface area contributed by atoms with E-state index < -0.39 is 10.0 Å². The first-order valence-electron chi connectivity index (χ1n) is 6.89. The van der Waals surface area contributed by atoms with Crippen LogP contribution >= 0.6 is 0 Å². The Morgan fingerprint density at radius 3 is 2.95 bits per heavy atom. The molecule has 2 heterocycles. The van der Waals surface area contributed by atoms with Crippen LogP contribution in [0.4, 0.5) is 5.69 Å². The minimum Gasteiger partial charge on any atom is -0.490 e. The van der Waals surface area contributed by atoms with Crippen molar-refractivity contribution in [2.75, 3.05) is 44.6 Å². The number of rotatable bonds is 2. The van der Waals surface area contributed by atoms with Crippen LogP contribution in [-0.4, -0.2) is 52.1 Å². The number of sulfonamides is 1. The second kappa shape index (κ2) is 5.59. The van der Waals surface area contributed by atoms with E-state index >= 15 is 0 Å². The Bertz CT molecular complexity index is 581. The molecule has 2 N–H and O–H groups in total. The average molecular weight is 297 g/mol. The van der Waals surface area contributed by atoms with E-state index in [0.717, 1.165) is 18.7 Å². The van der Waals surface area contributed by atoms with Crippen molar-refractivity contribution >= 4 is 15.7 Å². The molecule has 1 aromatic rings. The monoisotopic (exact) mass is 297 g/mol. The van der Waals surface area contributed by atoms with Crippen molar-refractivity contribution in [3.63, 3.8) is 0 Å². The molecule has 0 aromatic heterocycles. The molecule has 0 spiro atoms. The normalized spacial score (nSPS) is 20.4. The minimum atomic E-state index is -3.42. The molecule has 0 atom stereocenters. The van der Waals surface area contributed by atoms with Gasteiger partial charge < -0.3 is 15.4 Å². The van der Waals surface area contributed by atoms with Gasteiger partial charge in [-0.15, -0.1) is 0 Å². The summed E-state index contributed by atoms with van der Waals surface area (Å²) in [7, 11) is -3.42. The minimum absolute atomic E-state index is 0.330. The average Bonchev–Trinajstić information content (AvgIpc) is 2.76. The fraction of sp³-hybridized carbons (Fsp3) is 0.538. The molecule has 1 saturated heterocycles. The Kier molecular flexibility index (Phi) is 3.82. The van der Waals surface area contributed by atoms with Gasteiger partial charge in [0.2, 0.25) is 10.0 Å². The molecule has 0 bridgehead atoms. The molecule has 1 fully saturated rings. The van der Waals surface area contributed by atoms with E-state index in [1.54, 1.807) is 22.5 Å². The van der Waals surface area contributed by atoms with E-state index in [1.807, 2.05) is 0 Å². The van der Waals surface area contributed by atoms with Crippen molar-refractivity contribution in [3.8, 4) is 5.75 Å². The zero-order valence-corrected chi connectivity index (χ0v) is 12.1. The summed E-state index contributed by atoms with van der Waals surface area (Å²) in [4.78, 5) is 0.330. The Balaban J connectivity index is 1.90. The summed E-state index contributed by atoms with van der Waals surface area (Å²) in [6, 6.07) is 5.02. The highest BCUT2D eigenvalue weighted by Gasteiger charge is 2.26. The van der Waals surface area contributed by atoms with E-state index in [9.17, 15) is 8.42 Å². The van der Waals surface area contributed by atoms with Crippen LogP contribution in [0.25, 0.3) is 0 Å². The van der Waals surface area contributed by atoms with Gasteiger partial charge in [0.1, 0.15) is 12.4 Å². The second-order valence-electron chi connectivity index (χ2n) is 4.94. The second-order valence-corrected chi connectivity index (χ2v) is 6.88. The molecule has 0 amide bonds. The fourth-order valence-electron chi connectivity index (χ4n) is 2.49. The van der Waals surface area contributed by atoms with Crippen molar-refractivity contribution < 1.29 is 13.2 Å². The third-order valence-corrected chi connectivity index (χ3v) is 5.46. The summed E-state index contributed by atoms with van der Waals surface area (Å²) < 4.78 is 32.3. The van der Waals surface area contributed by atoms with Crippen molar-refractivity contribution in [2.45, 2.75) is 11.3 Å². The van der Waals surface area contributed by atoms with Gasteiger partial charge in [-0.3, -0.25) is 0 Å². The Morgan fingerprint density at radius 1 is 1.15 bits per heavy atom. The molecule has 20 heavy (non-hydrogen) atoms. The van der Waals surface area contributed by atoms with E-state index in [0.29, 0.717) is 43.4 Å². The number of anilines is 1. The maximum Gasteiger partial charge on any atom is 0.243 e. The van der Waals surface area contributed by atoms with Crippen LogP contribution in [0, 0.1) is 0 Å². The van der Waals surface area contributed by atoms with Gasteiger partial charge in [0.25, 0.3) is 0 Å². The maximum absolute atomic E-state index is 12.7.